The van der Waals surface area contributed by atoms with Gasteiger partial charge in [-0.05, 0) is 5.56 Å². The van der Waals surface area contributed by atoms with Crippen molar-refractivity contribution in [1.82, 2.24) is 0 Å². The molecule has 1 aromatic carbocycles. The van der Waals surface area contributed by atoms with E-state index in [-0.39, 0.29) is 36.0 Å². The Morgan fingerprint density at radius 2 is 1.91 bits per heavy atom. The van der Waals surface area contributed by atoms with Gasteiger partial charge in [-0.15, -0.1) is 0 Å². The minimum absolute atomic E-state index is 0. The van der Waals surface area contributed by atoms with Crippen LogP contribution in [0.15, 0.2) is 30.3 Å². The second-order valence-corrected chi connectivity index (χ2v) is 6.09. The minimum Gasteiger partial charge on any atom is -1.00 e. The maximum atomic E-state index is 11.3. The van der Waals surface area contributed by atoms with Gasteiger partial charge in [0.05, 0.1) is 33.5 Å². The molecule has 1 saturated heterocycles. The molecule has 0 radical (unpaired) electrons. The van der Waals surface area contributed by atoms with Crippen LogP contribution in [-0.4, -0.2) is 63.1 Å². The van der Waals surface area contributed by atoms with Gasteiger partial charge in [-0.2, -0.15) is 0 Å². The van der Waals surface area contributed by atoms with Crippen LogP contribution in [0.5, 0.6) is 0 Å². The summed E-state index contributed by atoms with van der Waals surface area (Å²) in [6.07, 6.45) is -0.218. The van der Waals surface area contributed by atoms with Crippen LogP contribution in [0, 0.1) is 0 Å². The van der Waals surface area contributed by atoms with Gasteiger partial charge < -0.3 is 42.7 Å². The average Bonchev–Trinajstić information content (AvgIpc) is 2.48. The Hall–Kier alpha value is -0.700. The highest BCUT2D eigenvalue weighted by Gasteiger charge is 2.30. The van der Waals surface area contributed by atoms with E-state index in [1.54, 1.807) is 0 Å². The molecule has 1 atom stereocenters. The largest absolute Gasteiger partial charge is 1.00 e. The van der Waals surface area contributed by atoms with E-state index in [2.05, 4.69) is 7.05 Å². The highest BCUT2D eigenvalue weighted by atomic mass is 127. The molecule has 6 heteroatoms. The third kappa shape index (κ3) is 7.60. The first-order chi connectivity index (χ1) is 10.6. The summed E-state index contributed by atoms with van der Waals surface area (Å²) in [6.45, 7) is 6.56. The Kier molecular flexibility index (Phi) is 9.04. The summed E-state index contributed by atoms with van der Waals surface area (Å²) in [6, 6.07) is 10.0. The molecule has 0 N–H and O–H groups in total. The first-order valence-corrected chi connectivity index (χ1v) is 7.78. The Balaban J connectivity index is 0.00000264. The molecule has 2 rings (SSSR count). The van der Waals surface area contributed by atoms with Crippen molar-refractivity contribution < 1.29 is 47.5 Å². The fourth-order valence-electron chi connectivity index (χ4n) is 2.70. The maximum absolute atomic E-state index is 11.3. The van der Waals surface area contributed by atoms with E-state index in [9.17, 15) is 4.79 Å². The number of likely N-dealkylation sites (N-methyl/N-ethyl adjacent to an activating group) is 1. The zero-order valence-corrected chi connectivity index (χ0v) is 16.0. The SMILES string of the molecule is CC(=O)OC(COCc1ccccc1)C[N+]1(C)CCOCC1.[I-]. The summed E-state index contributed by atoms with van der Waals surface area (Å²) < 4.78 is 17.5. The van der Waals surface area contributed by atoms with Gasteiger partial charge in [-0.25, -0.2) is 0 Å². The third-order valence-electron chi connectivity index (χ3n) is 3.94. The van der Waals surface area contributed by atoms with Gasteiger partial charge in [0.1, 0.15) is 19.6 Å². The van der Waals surface area contributed by atoms with Crippen molar-refractivity contribution in [2.24, 2.45) is 0 Å². The summed E-state index contributed by atoms with van der Waals surface area (Å²) in [4.78, 5) is 11.3. The lowest BCUT2D eigenvalue weighted by atomic mass is 10.2. The van der Waals surface area contributed by atoms with Crippen LogP contribution < -0.4 is 24.0 Å². The van der Waals surface area contributed by atoms with Crippen molar-refractivity contribution in [2.75, 3.05) is 46.5 Å². The van der Waals surface area contributed by atoms with Crippen molar-refractivity contribution in [2.45, 2.75) is 19.6 Å². The molecule has 1 heterocycles. The van der Waals surface area contributed by atoms with Crippen LogP contribution in [0.25, 0.3) is 0 Å². The number of esters is 1. The van der Waals surface area contributed by atoms with Crippen LogP contribution >= 0.6 is 0 Å². The number of halogens is 1. The molecule has 5 nitrogen and oxygen atoms in total. The molecule has 1 aliphatic heterocycles. The van der Waals surface area contributed by atoms with Crippen LogP contribution in [0.2, 0.25) is 0 Å². The first kappa shape index (κ1) is 20.3. The van der Waals surface area contributed by atoms with E-state index in [1.807, 2.05) is 30.3 Å². The molecule has 0 aliphatic carbocycles. The molecule has 130 valence electrons. The lowest BCUT2D eigenvalue weighted by molar-refractivity contribution is -0.919. The summed E-state index contributed by atoms with van der Waals surface area (Å²) in [7, 11) is 2.18. The van der Waals surface area contributed by atoms with Gasteiger partial charge in [-0.3, -0.25) is 4.79 Å². The molecule has 1 aromatic rings. The van der Waals surface area contributed by atoms with E-state index in [4.69, 9.17) is 14.2 Å². The molecule has 0 bridgehead atoms. The van der Waals surface area contributed by atoms with Crippen molar-refractivity contribution in [1.29, 1.82) is 0 Å². The normalized spacial score (nSPS) is 17.8. The van der Waals surface area contributed by atoms with Crippen LogP contribution in [0.4, 0.5) is 0 Å². The molecular weight excluding hydrogens is 409 g/mol. The van der Waals surface area contributed by atoms with Crippen LogP contribution in [0.1, 0.15) is 12.5 Å². The van der Waals surface area contributed by atoms with E-state index < -0.39 is 0 Å². The number of ether oxygens (including phenoxy) is 3. The highest BCUT2D eigenvalue weighted by Crippen LogP contribution is 2.12. The van der Waals surface area contributed by atoms with Crippen molar-refractivity contribution in [3.63, 3.8) is 0 Å². The topological polar surface area (TPSA) is 44.8 Å². The maximum Gasteiger partial charge on any atom is 0.303 e. The molecule has 1 aliphatic rings. The van der Waals surface area contributed by atoms with Crippen molar-refractivity contribution in [3.8, 4) is 0 Å². The number of benzene rings is 1. The molecule has 0 saturated carbocycles. The summed E-state index contributed by atoms with van der Waals surface area (Å²) in [5.74, 6) is -0.256. The van der Waals surface area contributed by atoms with Gasteiger partial charge in [-0.1, -0.05) is 30.3 Å². The number of hydrogen-bond donors (Lipinski definition) is 0. The Labute approximate surface area is 155 Å². The number of carbonyl (C=O) groups is 1. The zero-order chi connectivity index (χ0) is 15.8. The fraction of sp³-hybridized carbons (Fsp3) is 0.588. The molecular formula is C17H26INO4. The molecule has 1 fully saturated rings. The van der Waals surface area contributed by atoms with Gasteiger partial charge in [0.15, 0.2) is 6.10 Å². The number of morpholine rings is 1. The lowest BCUT2D eigenvalue weighted by Gasteiger charge is -2.39. The Morgan fingerprint density at radius 3 is 2.52 bits per heavy atom. The fourth-order valence-corrected chi connectivity index (χ4v) is 2.70. The zero-order valence-electron chi connectivity index (χ0n) is 13.9. The van der Waals surface area contributed by atoms with Crippen LogP contribution in [0.3, 0.4) is 0 Å². The standard InChI is InChI=1S/C17H26NO4.HI/c1-15(19)22-17(12-18(2)8-10-20-11-9-18)14-21-13-16-6-4-3-5-7-16;/h3-7,17H,8-14H2,1-2H3;1H/q+1;/p-1. The first-order valence-electron chi connectivity index (χ1n) is 7.78. The van der Waals surface area contributed by atoms with E-state index in [0.717, 1.165) is 42.9 Å². The highest BCUT2D eigenvalue weighted by molar-refractivity contribution is 5.66. The molecule has 0 spiro atoms. The average molecular weight is 435 g/mol. The van der Waals surface area contributed by atoms with Gasteiger partial charge in [0.2, 0.25) is 0 Å². The predicted molar refractivity (Wildman–Crippen MR) is 83.3 cm³/mol. The van der Waals surface area contributed by atoms with Crippen molar-refractivity contribution >= 4 is 5.97 Å². The number of carbonyl (C=O) groups excluding carboxylic acids is 1. The third-order valence-corrected chi connectivity index (χ3v) is 3.94. The molecule has 1 unspecified atom stereocenters. The number of hydrogen-bond acceptors (Lipinski definition) is 4. The van der Waals surface area contributed by atoms with Crippen molar-refractivity contribution in [3.05, 3.63) is 35.9 Å². The second-order valence-electron chi connectivity index (χ2n) is 6.09. The number of rotatable bonds is 7. The van der Waals surface area contributed by atoms with Gasteiger partial charge in [0, 0.05) is 6.92 Å². The van der Waals surface area contributed by atoms with E-state index in [1.165, 1.54) is 6.92 Å². The summed E-state index contributed by atoms with van der Waals surface area (Å²) >= 11 is 0. The van der Waals surface area contributed by atoms with E-state index >= 15 is 0 Å². The Bertz CT molecular complexity index is 463. The van der Waals surface area contributed by atoms with Crippen LogP contribution in [-0.2, 0) is 25.6 Å². The minimum atomic E-state index is -0.256. The van der Waals surface area contributed by atoms with Gasteiger partial charge in [0.25, 0.3) is 0 Å². The number of quaternary nitrogens is 1. The molecule has 0 amide bonds. The second kappa shape index (κ2) is 10.2. The number of nitrogens with zero attached hydrogens (tertiary/aromatic N) is 1. The van der Waals surface area contributed by atoms with E-state index in [0.29, 0.717) is 13.2 Å². The predicted octanol–water partition coefficient (Wildman–Crippen LogP) is -1.38. The monoisotopic (exact) mass is 435 g/mol. The molecule has 0 aromatic heterocycles. The Morgan fingerprint density at radius 1 is 1.26 bits per heavy atom. The quantitative estimate of drug-likeness (QED) is 0.301. The van der Waals surface area contributed by atoms with Gasteiger partial charge >= 0.3 is 5.97 Å². The summed E-state index contributed by atoms with van der Waals surface area (Å²) in [5.41, 5.74) is 1.12. The summed E-state index contributed by atoms with van der Waals surface area (Å²) in [5, 5.41) is 0. The lowest BCUT2D eigenvalue weighted by Crippen LogP contribution is -3.00. The smallest absolute Gasteiger partial charge is 0.303 e. The molecule has 23 heavy (non-hydrogen) atoms.